The Kier molecular flexibility index (Phi) is 4.77. The fourth-order valence-corrected chi connectivity index (χ4v) is 3.19. The highest BCUT2D eigenvalue weighted by Crippen LogP contribution is 2.28. The lowest BCUT2D eigenvalue weighted by Gasteiger charge is -2.08. The van der Waals surface area contributed by atoms with Crippen LogP contribution in [-0.2, 0) is 18.4 Å². The summed E-state index contributed by atoms with van der Waals surface area (Å²) in [5.41, 5.74) is 1.82. The highest BCUT2D eigenvalue weighted by Gasteiger charge is 2.11. The molecule has 1 amide bonds. The van der Waals surface area contributed by atoms with E-state index in [1.165, 1.54) is 23.9 Å². The van der Waals surface area contributed by atoms with Crippen LogP contribution in [0.3, 0.4) is 0 Å². The van der Waals surface area contributed by atoms with Gasteiger partial charge in [-0.2, -0.15) is 0 Å². The van der Waals surface area contributed by atoms with Gasteiger partial charge in [-0.05, 0) is 30.3 Å². The van der Waals surface area contributed by atoms with E-state index in [1.54, 1.807) is 24.3 Å². The molecule has 9 heteroatoms. The number of rotatable bonds is 4. The normalized spacial score (nSPS) is 11.0. The van der Waals surface area contributed by atoms with Crippen LogP contribution in [0.4, 0.5) is 5.69 Å². The number of carbonyl (C=O) groups excluding carboxylic acids is 1. The van der Waals surface area contributed by atoms with Crippen LogP contribution in [0.5, 0.6) is 0 Å². The number of hydrogen-bond acceptors (Lipinski definition) is 4. The number of anilines is 1. The number of fused-ring (bicyclic) bond motifs is 1. The number of benzene rings is 2. The zero-order valence-electron chi connectivity index (χ0n) is 15.3. The SMILES string of the molecule is Cn1c(=O)ccn(CC(=O)Nc2ccc3nc(-c4ccccc4Cl)[nH]c3c2)c1=O. The van der Waals surface area contributed by atoms with Crippen molar-refractivity contribution in [3.05, 3.63) is 80.6 Å². The molecule has 0 fully saturated rings. The van der Waals surface area contributed by atoms with Crippen LogP contribution >= 0.6 is 11.6 Å². The van der Waals surface area contributed by atoms with Gasteiger partial charge >= 0.3 is 5.69 Å². The lowest BCUT2D eigenvalue weighted by Crippen LogP contribution is -2.38. The van der Waals surface area contributed by atoms with E-state index in [1.807, 2.05) is 18.2 Å². The number of amides is 1. The first-order valence-corrected chi connectivity index (χ1v) is 9.11. The maximum Gasteiger partial charge on any atom is 0.331 e. The Bertz CT molecular complexity index is 1350. The summed E-state index contributed by atoms with van der Waals surface area (Å²) in [5, 5.41) is 3.33. The first-order valence-electron chi connectivity index (χ1n) is 8.73. The summed E-state index contributed by atoms with van der Waals surface area (Å²) in [6, 6.07) is 13.9. The van der Waals surface area contributed by atoms with Gasteiger partial charge in [-0.25, -0.2) is 9.78 Å². The van der Waals surface area contributed by atoms with Crippen molar-refractivity contribution in [1.29, 1.82) is 0 Å². The second-order valence-corrected chi connectivity index (χ2v) is 6.88. The molecule has 0 spiro atoms. The van der Waals surface area contributed by atoms with Crippen molar-refractivity contribution in [2.45, 2.75) is 6.54 Å². The van der Waals surface area contributed by atoms with E-state index in [0.717, 1.165) is 21.2 Å². The van der Waals surface area contributed by atoms with E-state index >= 15 is 0 Å². The van der Waals surface area contributed by atoms with Gasteiger partial charge in [-0.1, -0.05) is 23.7 Å². The number of halogens is 1. The number of H-pyrrole nitrogens is 1. The van der Waals surface area contributed by atoms with Crippen LogP contribution in [-0.4, -0.2) is 25.0 Å². The molecule has 29 heavy (non-hydrogen) atoms. The average Bonchev–Trinajstić information content (AvgIpc) is 3.12. The number of nitrogens with zero attached hydrogens (tertiary/aromatic N) is 3. The molecule has 4 rings (SSSR count). The Balaban J connectivity index is 1.56. The lowest BCUT2D eigenvalue weighted by molar-refractivity contribution is -0.116. The topological polar surface area (TPSA) is 102 Å². The van der Waals surface area contributed by atoms with E-state index in [-0.39, 0.29) is 6.54 Å². The summed E-state index contributed by atoms with van der Waals surface area (Å²) in [7, 11) is 1.36. The molecule has 8 nitrogen and oxygen atoms in total. The Labute approximate surface area is 169 Å². The van der Waals surface area contributed by atoms with Crippen LogP contribution in [0.25, 0.3) is 22.4 Å². The number of nitrogens with one attached hydrogen (secondary N) is 2. The van der Waals surface area contributed by atoms with Crippen LogP contribution in [0, 0.1) is 0 Å². The summed E-state index contributed by atoms with van der Waals surface area (Å²) in [4.78, 5) is 43.6. The standard InChI is InChI=1S/C20H16ClN5O3/c1-25-18(28)8-9-26(20(25)29)11-17(27)22-12-6-7-15-16(10-12)24-19(23-15)13-4-2-3-5-14(13)21/h2-10H,11H2,1H3,(H,22,27)(H,23,24). The molecule has 0 aliphatic carbocycles. The van der Waals surface area contributed by atoms with E-state index in [4.69, 9.17) is 11.6 Å². The van der Waals surface area contributed by atoms with Crippen LogP contribution < -0.4 is 16.6 Å². The highest BCUT2D eigenvalue weighted by atomic mass is 35.5. The fourth-order valence-electron chi connectivity index (χ4n) is 2.96. The third kappa shape index (κ3) is 3.70. The number of aromatic amines is 1. The molecule has 146 valence electrons. The van der Waals surface area contributed by atoms with Crippen LogP contribution in [0.1, 0.15) is 0 Å². The molecular formula is C20H16ClN5O3. The molecule has 2 heterocycles. The molecule has 2 aromatic carbocycles. The highest BCUT2D eigenvalue weighted by molar-refractivity contribution is 6.33. The minimum Gasteiger partial charge on any atom is -0.338 e. The van der Waals surface area contributed by atoms with E-state index < -0.39 is 17.2 Å². The average molecular weight is 410 g/mol. The predicted octanol–water partition coefficient (Wildman–Crippen LogP) is 2.38. The van der Waals surface area contributed by atoms with Crippen molar-refractivity contribution < 1.29 is 4.79 Å². The summed E-state index contributed by atoms with van der Waals surface area (Å²) >= 11 is 6.23. The Morgan fingerprint density at radius 2 is 1.97 bits per heavy atom. The van der Waals surface area contributed by atoms with Crippen molar-refractivity contribution in [3.8, 4) is 11.4 Å². The Hall–Kier alpha value is -3.65. The van der Waals surface area contributed by atoms with Gasteiger partial charge < -0.3 is 10.3 Å². The Morgan fingerprint density at radius 3 is 2.76 bits per heavy atom. The summed E-state index contributed by atoms with van der Waals surface area (Å²) in [5.74, 6) is 0.238. The Morgan fingerprint density at radius 1 is 1.17 bits per heavy atom. The second-order valence-electron chi connectivity index (χ2n) is 6.47. The van der Waals surface area contributed by atoms with Gasteiger partial charge in [-0.3, -0.25) is 18.7 Å². The molecule has 0 aliphatic rings. The molecule has 0 saturated heterocycles. The second kappa shape index (κ2) is 7.40. The minimum atomic E-state index is -0.555. The smallest absolute Gasteiger partial charge is 0.331 e. The molecule has 0 saturated carbocycles. The maximum absolute atomic E-state index is 12.3. The van der Waals surface area contributed by atoms with Gasteiger partial charge in [0.25, 0.3) is 5.56 Å². The van der Waals surface area contributed by atoms with Gasteiger partial charge in [0.05, 0.1) is 16.1 Å². The zero-order valence-corrected chi connectivity index (χ0v) is 16.1. The van der Waals surface area contributed by atoms with Gasteiger partial charge in [0.15, 0.2) is 0 Å². The first kappa shape index (κ1) is 18.7. The monoisotopic (exact) mass is 409 g/mol. The summed E-state index contributed by atoms with van der Waals surface area (Å²) in [6.45, 7) is -0.209. The third-order valence-corrected chi connectivity index (χ3v) is 4.80. The van der Waals surface area contributed by atoms with Crippen molar-refractivity contribution in [2.24, 2.45) is 7.05 Å². The van der Waals surface area contributed by atoms with Gasteiger partial charge in [0.2, 0.25) is 5.91 Å². The van der Waals surface area contributed by atoms with E-state index in [2.05, 4.69) is 15.3 Å². The molecular weight excluding hydrogens is 394 g/mol. The molecule has 0 aliphatic heterocycles. The predicted molar refractivity (Wildman–Crippen MR) is 111 cm³/mol. The molecule has 0 bridgehead atoms. The third-order valence-electron chi connectivity index (χ3n) is 4.47. The van der Waals surface area contributed by atoms with Gasteiger partial charge in [0, 0.05) is 30.6 Å². The maximum atomic E-state index is 12.3. The van der Waals surface area contributed by atoms with Crippen molar-refractivity contribution >= 4 is 34.2 Å². The quantitative estimate of drug-likeness (QED) is 0.540. The molecule has 2 N–H and O–H groups in total. The fraction of sp³-hybridized carbons (Fsp3) is 0.100. The van der Waals surface area contributed by atoms with E-state index in [0.29, 0.717) is 16.5 Å². The van der Waals surface area contributed by atoms with Gasteiger partial charge in [0.1, 0.15) is 12.4 Å². The van der Waals surface area contributed by atoms with E-state index in [9.17, 15) is 14.4 Å². The molecule has 2 aromatic heterocycles. The molecule has 4 aromatic rings. The molecule has 0 radical (unpaired) electrons. The largest absolute Gasteiger partial charge is 0.338 e. The summed E-state index contributed by atoms with van der Waals surface area (Å²) < 4.78 is 2.11. The number of carbonyl (C=O) groups is 1. The minimum absolute atomic E-state index is 0.209. The van der Waals surface area contributed by atoms with Gasteiger partial charge in [-0.15, -0.1) is 0 Å². The molecule has 0 unspecified atom stereocenters. The van der Waals surface area contributed by atoms with Crippen molar-refractivity contribution in [3.63, 3.8) is 0 Å². The number of hydrogen-bond donors (Lipinski definition) is 2. The first-order chi connectivity index (χ1) is 13.9. The van der Waals surface area contributed by atoms with Crippen LogP contribution in [0.2, 0.25) is 5.02 Å². The zero-order chi connectivity index (χ0) is 20.5. The van der Waals surface area contributed by atoms with Crippen molar-refractivity contribution in [2.75, 3.05) is 5.32 Å². The molecule has 0 atom stereocenters. The van der Waals surface area contributed by atoms with Crippen LogP contribution in [0.15, 0.2) is 64.3 Å². The lowest BCUT2D eigenvalue weighted by atomic mass is 10.2. The number of aromatic nitrogens is 4. The number of imidazole rings is 1. The summed E-state index contributed by atoms with van der Waals surface area (Å²) in [6.07, 6.45) is 1.30. The van der Waals surface area contributed by atoms with Crippen molar-refractivity contribution in [1.82, 2.24) is 19.1 Å².